The van der Waals surface area contributed by atoms with Gasteiger partial charge in [0.05, 0.1) is 11.3 Å². The first-order valence-corrected chi connectivity index (χ1v) is 4.86. The van der Waals surface area contributed by atoms with E-state index in [1.807, 2.05) is 0 Å². The number of aromatic carboxylic acids is 1. The Bertz CT molecular complexity index is 591. The highest BCUT2D eigenvalue weighted by molar-refractivity contribution is 6.04. The summed E-state index contributed by atoms with van der Waals surface area (Å²) in [5.41, 5.74) is -0.0405. The van der Waals surface area contributed by atoms with Gasteiger partial charge in [0.1, 0.15) is 12.0 Å². The number of carbonyl (C=O) groups excluding carboxylic acids is 1. The van der Waals surface area contributed by atoms with E-state index in [4.69, 9.17) is 5.11 Å². The zero-order chi connectivity index (χ0) is 13.1. The molecule has 0 atom stereocenters. The first kappa shape index (κ1) is 11.6. The van der Waals surface area contributed by atoms with Crippen molar-refractivity contribution in [1.29, 1.82) is 0 Å². The number of nitrogens with one attached hydrogen (secondary N) is 1. The topological polar surface area (TPSA) is 113 Å². The Labute approximate surface area is 101 Å². The number of aromatic nitrogens is 1. The Morgan fingerprint density at radius 2 is 2.06 bits per heavy atom. The third-order valence-corrected chi connectivity index (χ3v) is 2.16. The summed E-state index contributed by atoms with van der Waals surface area (Å²) < 4.78 is 4.50. The summed E-state index contributed by atoms with van der Waals surface area (Å²) in [4.78, 5) is 22.4. The number of phenolic OH excluding ortho intramolecular Hbond substituents is 1. The van der Waals surface area contributed by atoms with Crippen LogP contribution in [-0.4, -0.2) is 27.2 Å². The molecule has 1 aromatic heterocycles. The Balaban J connectivity index is 2.26. The van der Waals surface area contributed by atoms with Crippen LogP contribution in [0.25, 0.3) is 0 Å². The maximum atomic E-state index is 11.6. The number of nitrogens with zero attached hydrogens (tertiary/aromatic N) is 1. The Morgan fingerprint density at radius 3 is 2.67 bits per heavy atom. The van der Waals surface area contributed by atoms with Crippen LogP contribution in [0.5, 0.6) is 5.75 Å². The lowest BCUT2D eigenvalue weighted by molar-refractivity contribution is 0.0696. The number of carboxylic acids is 1. The average molecular weight is 248 g/mol. The number of anilines is 1. The minimum atomic E-state index is -1.16. The molecule has 0 radical (unpaired) electrons. The normalized spacial score (nSPS) is 10.0. The van der Waals surface area contributed by atoms with E-state index in [1.165, 1.54) is 24.5 Å². The van der Waals surface area contributed by atoms with Gasteiger partial charge in [-0.1, -0.05) is 5.16 Å². The molecule has 18 heavy (non-hydrogen) atoms. The van der Waals surface area contributed by atoms with E-state index in [0.29, 0.717) is 0 Å². The van der Waals surface area contributed by atoms with Crippen LogP contribution < -0.4 is 5.32 Å². The number of hydrogen-bond acceptors (Lipinski definition) is 5. The number of benzene rings is 1. The van der Waals surface area contributed by atoms with Gasteiger partial charge in [0, 0.05) is 6.07 Å². The van der Waals surface area contributed by atoms with E-state index in [0.717, 1.165) is 6.07 Å². The summed E-state index contributed by atoms with van der Waals surface area (Å²) in [6.45, 7) is 0. The molecule has 7 heteroatoms. The predicted molar refractivity (Wildman–Crippen MR) is 59.5 cm³/mol. The molecule has 2 aromatic rings. The molecular formula is C11H8N2O5. The largest absolute Gasteiger partial charge is 0.506 e. The second-order valence-corrected chi connectivity index (χ2v) is 3.38. The molecule has 1 amide bonds. The maximum absolute atomic E-state index is 11.6. The molecule has 0 spiro atoms. The minimum Gasteiger partial charge on any atom is -0.506 e. The number of amides is 1. The van der Waals surface area contributed by atoms with Gasteiger partial charge in [-0.3, -0.25) is 4.79 Å². The van der Waals surface area contributed by atoms with Crippen LogP contribution in [0.3, 0.4) is 0 Å². The van der Waals surface area contributed by atoms with Crippen LogP contribution >= 0.6 is 0 Å². The highest BCUT2D eigenvalue weighted by Crippen LogP contribution is 2.24. The number of aromatic hydroxyl groups is 1. The molecule has 3 N–H and O–H groups in total. The van der Waals surface area contributed by atoms with Crippen LogP contribution in [0.4, 0.5) is 5.69 Å². The second kappa shape index (κ2) is 4.58. The lowest BCUT2D eigenvalue weighted by Gasteiger charge is -2.06. The van der Waals surface area contributed by atoms with Gasteiger partial charge in [-0.2, -0.15) is 0 Å². The van der Waals surface area contributed by atoms with Crippen molar-refractivity contribution < 1.29 is 24.3 Å². The molecule has 1 aromatic carbocycles. The fourth-order valence-corrected chi connectivity index (χ4v) is 1.29. The van der Waals surface area contributed by atoms with E-state index < -0.39 is 11.9 Å². The predicted octanol–water partition coefficient (Wildman–Crippen LogP) is 1.33. The van der Waals surface area contributed by atoms with Crippen LogP contribution in [0.1, 0.15) is 20.8 Å². The van der Waals surface area contributed by atoms with E-state index in [-0.39, 0.29) is 22.7 Å². The molecule has 0 aliphatic rings. The van der Waals surface area contributed by atoms with Gasteiger partial charge in [-0.05, 0) is 18.2 Å². The van der Waals surface area contributed by atoms with Crippen molar-refractivity contribution in [3.05, 3.63) is 41.8 Å². The molecule has 0 unspecified atom stereocenters. The Morgan fingerprint density at radius 1 is 1.28 bits per heavy atom. The van der Waals surface area contributed by atoms with Crippen LogP contribution in [0, 0.1) is 0 Å². The summed E-state index contributed by atoms with van der Waals surface area (Å²) in [5.74, 6) is -2.01. The quantitative estimate of drug-likeness (QED) is 0.706. The minimum absolute atomic E-state index is 0.0112. The third-order valence-electron chi connectivity index (χ3n) is 2.16. The Hall–Kier alpha value is -2.83. The molecule has 7 nitrogen and oxygen atoms in total. The van der Waals surface area contributed by atoms with Crippen LogP contribution in [-0.2, 0) is 0 Å². The van der Waals surface area contributed by atoms with Crippen LogP contribution in [0.15, 0.2) is 35.1 Å². The zero-order valence-corrected chi connectivity index (χ0v) is 8.95. The molecule has 92 valence electrons. The number of hydrogen-bond donors (Lipinski definition) is 3. The molecule has 0 aliphatic heterocycles. The van der Waals surface area contributed by atoms with E-state index >= 15 is 0 Å². The number of carbonyl (C=O) groups is 2. The standard InChI is InChI=1S/C11H8N2O5/c14-9-2-1-6(11(16)17)5-8(9)12-10(15)7-3-4-18-13-7/h1-5,14H,(H,12,15)(H,16,17). The van der Waals surface area contributed by atoms with Crippen molar-refractivity contribution in [3.8, 4) is 5.75 Å². The first-order valence-electron chi connectivity index (χ1n) is 4.86. The van der Waals surface area contributed by atoms with Crippen molar-refractivity contribution in [1.82, 2.24) is 5.16 Å². The summed E-state index contributed by atoms with van der Waals surface area (Å²) in [6, 6.07) is 4.90. The molecule has 1 heterocycles. The molecule has 0 saturated carbocycles. The van der Waals surface area contributed by atoms with Gasteiger partial charge in [-0.25, -0.2) is 4.79 Å². The Kier molecular flexibility index (Phi) is 2.96. The zero-order valence-electron chi connectivity index (χ0n) is 8.95. The van der Waals surface area contributed by atoms with Gasteiger partial charge in [-0.15, -0.1) is 0 Å². The lowest BCUT2D eigenvalue weighted by Crippen LogP contribution is -2.12. The second-order valence-electron chi connectivity index (χ2n) is 3.38. The van der Waals surface area contributed by atoms with Crippen molar-refractivity contribution in [3.63, 3.8) is 0 Å². The maximum Gasteiger partial charge on any atom is 0.335 e. The average Bonchev–Trinajstić information content (AvgIpc) is 2.85. The van der Waals surface area contributed by atoms with Crippen molar-refractivity contribution in [2.24, 2.45) is 0 Å². The van der Waals surface area contributed by atoms with Gasteiger partial charge in [0.2, 0.25) is 0 Å². The summed E-state index contributed by atoms with van der Waals surface area (Å²) in [6.07, 6.45) is 1.22. The van der Waals surface area contributed by atoms with Crippen LogP contribution in [0.2, 0.25) is 0 Å². The monoisotopic (exact) mass is 248 g/mol. The number of rotatable bonds is 3. The van der Waals surface area contributed by atoms with E-state index in [2.05, 4.69) is 15.0 Å². The smallest absolute Gasteiger partial charge is 0.335 e. The van der Waals surface area contributed by atoms with Gasteiger partial charge in [0.15, 0.2) is 5.69 Å². The van der Waals surface area contributed by atoms with Crippen molar-refractivity contribution >= 4 is 17.6 Å². The summed E-state index contributed by atoms with van der Waals surface area (Å²) in [5, 5.41) is 24.1. The molecule has 0 aliphatic carbocycles. The molecule has 2 rings (SSSR count). The van der Waals surface area contributed by atoms with Gasteiger partial charge in [0.25, 0.3) is 5.91 Å². The molecule has 0 saturated heterocycles. The highest BCUT2D eigenvalue weighted by Gasteiger charge is 2.13. The first-order chi connectivity index (χ1) is 8.58. The van der Waals surface area contributed by atoms with E-state index in [1.54, 1.807) is 0 Å². The van der Waals surface area contributed by atoms with E-state index in [9.17, 15) is 14.7 Å². The number of carboxylic acid groups (broad SMARTS) is 1. The van der Waals surface area contributed by atoms with Gasteiger partial charge >= 0.3 is 5.97 Å². The summed E-state index contributed by atoms with van der Waals surface area (Å²) in [7, 11) is 0. The fourth-order valence-electron chi connectivity index (χ4n) is 1.29. The molecule has 0 bridgehead atoms. The number of phenols is 1. The molecular weight excluding hydrogens is 240 g/mol. The fraction of sp³-hybridized carbons (Fsp3) is 0. The molecule has 0 fully saturated rings. The lowest BCUT2D eigenvalue weighted by atomic mass is 10.2. The SMILES string of the molecule is O=C(O)c1ccc(O)c(NC(=O)c2ccon2)c1. The third kappa shape index (κ3) is 2.29. The van der Waals surface area contributed by atoms with Crippen molar-refractivity contribution in [2.75, 3.05) is 5.32 Å². The van der Waals surface area contributed by atoms with Crippen molar-refractivity contribution in [2.45, 2.75) is 0 Å². The summed E-state index contributed by atoms with van der Waals surface area (Å²) >= 11 is 0. The van der Waals surface area contributed by atoms with Gasteiger partial charge < -0.3 is 20.1 Å². The highest BCUT2D eigenvalue weighted by atomic mass is 16.5.